The van der Waals surface area contributed by atoms with Crippen molar-refractivity contribution >= 4 is 35.4 Å². The van der Waals surface area contributed by atoms with E-state index in [0.717, 1.165) is 82.9 Å². The molecule has 0 saturated heterocycles. The number of ether oxygens (including phenoxy) is 2. The molecule has 0 radical (unpaired) electrons. The number of carbonyl (C=O) groups excluding carboxylic acids is 4. The molecule has 10 nitrogen and oxygen atoms in total. The van der Waals surface area contributed by atoms with Crippen LogP contribution in [0, 0.1) is 0 Å². The van der Waals surface area contributed by atoms with E-state index in [1.807, 2.05) is 10.9 Å². The van der Waals surface area contributed by atoms with E-state index < -0.39 is 12.1 Å². The van der Waals surface area contributed by atoms with Crippen molar-refractivity contribution in [1.82, 2.24) is 20.3 Å². The number of thioether (sulfide) groups is 1. The van der Waals surface area contributed by atoms with Crippen LogP contribution in [-0.2, 0) is 41.6 Å². The molecule has 0 spiro atoms. The Hall–Kier alpha value is -2.43. The van der Waals surface area contributed by atoms with E-state index in [1.54, 1.807) is 0 Å². The quantitative estimate of drug-likeness (QED) is 0.0501. The maximum Gasteiger partial charge on any atom is 0.306 e. The Balaban J connectivity index is 2.72. The van der Waals surface area contributed by atoms with Gasteiger partial charge >= 0.3 is 11.9 Å². The summed E-state index contributed by atoms with van der Waals surface area (Å²) in [5, 5.41) is 11.6. The van der Waals surface area contributed by atoms with Gasteiger partial charge in [0.15, 0.2) is 5.78 Å². The van der Waals surface area contributed by atoms with Crippen LogP contribution in [0.1, 0.15) is 322 Å². The topological polar surface area (TPSA) is 129 Å². The third kappa shape index (κ3) is 45.5. The number of ketones is 1. The van der Waals surface area contributed by atoms with E-state index in [0.29, 0.717) is 37.2 Å². The van der Waals surface area contributed by atoms with Gasteiger partial charge in [0.05, 0.1) is 11.7 Å². The van der Waals surface area contributed by atoms with Crippen LogP contribution in [0.2, 0.25) is 0 Å². The van der Waals surface area contributed by atoms with E-state index in [9.17, 15) is 19.2 Å². The molecule has 1 aromatic heterocycles. The van der Waals surface area contributed by atoms with Gasteiger partial charge in [-0.15, -0.1) is 5.10 Å². The summed E-state index contributed by atoms with van der Waals surface area (Å²) in [4.78, 5) is 53.3. The highest BCUT2D eigenvalue weighted by atomic mass is 32.2. The van der Waals surface area contributed by atoms with Crippen molar-refractivity contribution in [3.8, 4) is 0 Å². The zero-order chi connectivity index (χ0) is 52.9. The summed E-state index contributed by atoms with van der Waals surface area (Å²) in [6, 6.07) is -0.685. The van der Waals surface area contributed by atoms with Crippen molar-refractivity contribution in [3.63, 3.8) is 0 Å². The highest BCUT2D eigenvalue weighted by Crippen LogP contribution is 2.19. The molecule has 1 amide bonds. The molecule has 0 aliphatic rings. The largest absolute Gasteiger partial charge is 0.462 e. The molecule has 426 valence electrons. The van der Waals surface area contributed by atoms with E-state index in [-0.39, 0.29) is 36.7 Å². The molecule has 1 aromatic rings. The van der Waals surface area contributed by atoms with Crippen molar-refractivity contribution < 1.29 is 28.7 Å². The summed E-state index contributed by atoms with van der Waals surface area (Å²) >= 11 is 1.47. The van der Waals surface area contributed by atoms with Crippen molar-refractivity contribution in [2.75, 3.05) is 18.1 Å². The fourth-order valence-electron chi connectivity index (χ4n) is 9.60. The van der Waals surface area contributed by atoms with Crippen LogP contribution >= 0.6 is 11.8 Å². The lowest BCUT2D eigenvalue weighted by Crippen LogP contribution is -2.43. The zero-order valence-corrected chi connectivity index (χ0v) is 49.1. The summed E-state index contributed by atoms with van der Waals surface area (Å²) in [5.74, 6) is 0.0230. The number of nitrogens with zero attached hydrogens (tertiary/aromatic N) is 3. The number of carbonyl (C=O) groups is 4. The summed E-state index contributed by atoms with van der Waals surface area (Å²) in [7, 11) is 0. The second kappa shape index (κ2) is 53.0. The number of rotatable bonds is 57. The molecule has 2 atom stereocenters. The third-order valence-corrected chi connectivity index (χ3v) is 15.6. The van der Waals surface area contributed by atoms with Gasteiger partial charge in [0.1, 0.15) is 12.7 Å². The molecule has 0 saturated carbocycles. The Morgan fingerprint density at radius 3 is 1.29 bits per heavy atom. The van der Waals surface area contributed by atoms with Gasteiger partial charge in [0, 0.05) is 56.4 Å². The Labute approximate surface area is 454 Å². The second-order valence-electron chi connectivity index (χ2n) is 21.7. The molecule has 1 heterocycles. The summed E-state index contributed by atoms with van der Waals surface area (Å²) < 4.78 is 13.6. The molecule has 0 aliphatic carbocycles. The zero-order valence-electron chi connectivity index (χ0n) is 48.3. The fraction of sp³-hybridized carbons (Fsp3) is 0.903. The summed E-state index contributed by atoms with van der Waals surface area (Å²) in [6.45, 7) is 9.73. The first-order chi connectivity index (χ1) is 35.8. The Morgan fingerprint density at radius 1 is 0.479 bits per heavy atom. The highest BCUT2D eigenvalue weighted by molar-refractivity contribution is 7.99. The van der Waals surface area contributed by atoms with Gasteiger partial charge in [0.25, 0.3) is 0 Å². The van der Waals surface area contributed by atoms with Crippen LogP contribution in [0.4, 0.5) is 0 Å². The molecule has 0 unspecified atom stereocenters. The normalized spacial score (nSPS) is 12.3. The minimum absolute atomic E-state index is 0.00761. The lowest BCUT2D eigenvalue weighted by atomic mass is 10.0. The van der Waals surface area contributed by atoms with Crippen molar-refractivity contribution in [2.45, 2.75) is 342 Å². The Bertz CT molecular complexity index is 1410. The van der Waals surface area contributed by atoms with Crippen LogP contribution in [0.5, 0.6) is 0 Å². The average molecular weight is 1050 g/mol. The van der Waals surface area contributed by atoms with Crippen LogP contribution in [0.25, 0.3) is 0 Å². The summed E-state index contributed by atoms with van der Waals surface area (Å²) in [6.07, 6.45) is 53.5. The van der Waals surface area contributed by atoms with Crippen LogP contribution < -0.4 is 5.32 Å². The first-order valence-electron chi connectivity index (χ1n) is 31.5. The van der Waals surface area contributed by atoms with Gasteiger partial charge in [-0.1, -0.05) is 270 Å². The van der Waals surface area contributed by atoms with Crippen molar-refractivity contribution in [3.05, 3.63) is 11.9 Å². The Morgan fingerprint density at radius 2 is 0.863 bits per heavy atom. The van der Waals surface area contributed by atoms with E-state index in [1.165, 1.54) is 204 Å². The number of nitrogens with one attached hydrogen (secondary N) is 1. The minimum atomic E-state index is -0.685. The molecule has 0 aromatic carbocycles. The molecule has 11 heteroatoms. The number of unbranched alkanes of at least 4 members (excludes halogenated alkanes) is 37. The molecule has 73 heavy (non-hydrogen) atoms. The van der Waals surface area contributed by atoms with Crippen LogP contribution in [-0.4, -0.2) is 68.9 Å². The number of Topliss-reactive ketones (excluding diaryl/α,β-unsaturated/α-hetero) is 1. The van der Waals surface area contributed by atoms with Gasteiger partial charge in [-0.25, -0.2) is 0 Å². The van der Waals surface area contributed by atoms with Crippen molar-refractivity contribution in [1.29, 1.82) is 0 Å². The van der Waals surface area contributed by atoms with Gasteiger partial charge in [-0.05, 0) is 25.7 Å². The molecule has 0 fully saturated rings. The summed E-state index contributed by atoms with van der Waals surface area (Å²) in [5.41, 5.74) is 0.769. The molecule has 1 rings (SSSR count). The maximum atomic E-state index is 13.8. The first-order valence-corrected chi connectivity index (χ1v) is 32.6. The van der Waals surface area contributed by atoms with Gasteiger partial charge in [-0.2, -0.15) is 11.8 Å². The Kier molecular flexibility index (Phi) is 49.8. The molecular weight excluding hydrogens is 929 g/mol. The number of amides is 1. The molecule has 1 N–H and O–H groups in total. The van der Waals surface area contributed by atoms with Crippen molar-refractivity contribution in [2.24, 2.45) is 0 Å². The predicted molar refractivity (Wildman–Crippen MR) is 309 cm³/mol. The van der Waals surface area contributed by atoms with Gasteiger partial charge in [0.2, 0.25) is 5.91 Å². The SMILES string of the molecule is CCCCCCCCCCCCCCCC(=O)N[C@@H](CSC[C@H](COC(=O)CCCCCCCCCCCCCCC)OC(=O)CCCCCCCCCCCCCCC)C(=O)CCc1cn(CCCC)nn1. The number of hydrogen-bond acceptors (Lipinski definition) is 9. The lowest BCUT2D eigenvalue weighted by molar-refractivity contribution is -0.157. The molecule has 0 aliphatic heterocycles. The predicted octanol–water partition coefficient (Wildman–Crippen LogP) is 17.7. The first kappa shape index (κ1) is 68.6. The van der Waals surface area contributed by atoms with Crippen LogP contribution in [0.3, 0.4) is 0 Å². The molecule has 0 bridgehead atoms. The third-order valence-electron chi connectivity index (χ3n) is 14.5. The maximum absolute atomic E-state index is 13.8. The van der Waals surface area contributed by atoms with Gasteiger partial charge < -0.3 is 14.8 Å². The lowest BCUT2D eigenvalue weighted by Gasteiger charge is -2.21. The second-order valence-corrected chi connectivity index (χ2v) is 22.8. The number of hydrogen-bond donors (Lipinski definition) is 1. The molecular formula is C62H116N4O6S. The number of aromatic nitrogens is 3. The van der Waals surface area contributed by atoms with E-state index >= 15 is 0 Å². The number of aryl methyl sites for hydroxylation is 2. The fourth-order valence-corrected chi connectivity index (χ4v) is 10.7. The standard InChI is InChI=1S/C62H116N4O6S/c1-5-9-13-16-19-22-25-28-31-34-37-40-43-46-60(68)63-58(59(67)50-49-56-52-66(65-64-56)51-12-8-4)55-73-54-57(72-62(70)48-45-42-39-36-33-30-27-24-21-18-15-11-7-3)53-71-61(69)47-44-41-38-35-32-29-26-23-20-17-14-10-6-2/h52,57-58H,5-51,53-55H2,1-4H3,(H,63,68)/t57-,58-/m0/s1. The smallest absolute Gasteiger partial charge is 0.306 e. The van der Waals surface area contributed by atoms with Gasteiger partial charge in [-0.3, -0.25) is 23.9 Å². The highest BCUT2D eigenvalue weighted by Gasteiger charge is 2.24. The average Bonchev–Trinajstić information content (AvgIpc) is 3.85. The van der Waals surface area contributed by atoms with Crippen LogP contribution in [0.15, 0.2) is 6.20 Å². The monoisotopic (exact) mass is 1040 g/mol. The van der Waals surface area contributed by atoms with E-state index in [2.05, 4.69) is 43.3 Å². The number of esters is 2. The minimum Gasteiger partial charge on any atom is -0.462 e. The van der Waals surface area contributed by atoms with E-state index in [4.69, 9.17) is 9.47 Å².